The molecule has 4 heterocycles. The number of aryl methyl sites for hydroxylation is 3. The summed E-state index contributed by atoms with van der Waals surface area (Å²) >= 11 is 0. The second kappa shape index (κ2) is 6.49. The molecule has 30 heavy (non-hydrogen) atoms. The maximum Gasteiger partial charge on any atom is 0.417 e. The van der Waals surface area contributed by atoms with Crippen LogP contribution in [-0.4, -0.2) is 43.3 Å². The number of aromatic nitrogens is 6. The molecule has 4 aromatic rings. The van der Waals surface area contributed by atoms with Gasteiger partial charge in [0.2, 0.25) is 0 Å². The zero-order valence-corrected chi connectivity index (χ0v) is 17.3. The van der Waals surface area contributed by atoms with Gasteiger partial charge in [-0.25, -0.2) is 27.9 Å². The summed E-state index contributed by atoms with van der Waals surface area (Å²) < 4.78 is 67.6. The minimum Gasteiger partial charge on any atom is -0.312 e. The van der Waals surface area contributed by atoms with Gasteiger partial charge in [0.25, 0.3) is 0 Å². The fourth-order valence-electron chi connectivity index (χ4n) is 3.31. The first kappa shape index (κ1) is 20.3. The monoisotopic (exact) mass is 438 g/mol. The minimum absolute atomic E-state index is 0.00843. The molecule has 0 bridgehead atoms. The van der Waals surface area contributed by atoms with Crippen molar-refractivity contribution in [3.8, 4) is 11.4 Å². The SMILES string of the molecule is CCS(=O)(=O)c1nn2c(C)cc(C)nc2c1-c1nc2cc(C(F)(F)F)cnc2n1C. The van der Waals surface area contributed by atoms with Gasteiger partial charge in [0, 0.05) is 24.6 Å². The van der Waals surface area contributed by atoms with Crippen molar-refractivity contribution in [2.24, 2.45) is 7.05 Å². The van der Waals surface area contributed by atoms with Gasteiger partial charge in [0.1, 0.15) is 16.9 Å². The van der Waals surface area contributed by atoms with Gasteiger partial charge >= 0.3 is 6.18 Å². The van der Waals surface area contributed by atoms with Gasteiger partial charge in [0.05, 0.1) is 11.3 Å². The maximum absolute atomic E-state index is 13.1. The highest BCUT2D eigenvalue weighted by molar-refractivity contribution is 7.91. The van der Waals surface area contributed by atoms with E-state index in [1.165, 1.54) is 16.0 Å². The molecular formula is C18H17F3N6O2S. The highest BCUT2D eigenvalue weighted by Crippen LogP contribution is 2.35. The van der Waals surface area contributed by atoms with Crippen molar-refractivity contribution in [3.63, 3.8) is 0 Å². The Kier molecular flexibility index (Phi) is 4.38. The number of imidazole rings is 1. The average molecular weight is 438 g/mol. The number of pyridine rings is 1. The van der Waals surface area contributed by atoms with Gasteiger partial charge in [0.15, 0.2) is 26.2 Å². The summed E-state index contributed by atoms with van der Waals surface area (Å²) in [5.41, 5.74) is 0.926. The molecule has 0 atom stereocenters. The Bertz CT molecular complexity index is 1420. The molecule has 4 rings (SSSR count). The summed E-state index contributed by atoms with van der Waals surface area (Å²) in [6.07, 6.45) is -3.85. The van der Waals surface area contributed by atoms with Crippen LogP contribution in [-0.2, 0) is 23.1 Å². The molecule has 0 amide bonds. The molecule has 12 heteroatoms. The molecule has 0 aliphatic rings. The van der Waals surface area contributed by atoms with Crippen LogP contribution in [0.4, 0.5) is 13.2 Å². The van der Waals surface area contributed by atoms with Crippen molar-refractivity contribution in [2.75, 3.05) is 5.75 Å². The Morgan fingerprint density at radius 3 is 2.43 bits per heavy atom. The fourth-order valence-corrected chi connectivity index (χ4v) is 4.28. The second-order valence-electron chi connectivity index (χ2n) is 6.92. The van der Waals surface area contributed by atoms with Gasteiger partial charge in [-0.15, -0.1) is 0 Å². The Labute approximate surface area is 169 Å². The first-order chi connectivity index (χ1) is 13.9. The number of rotatable bonds is 3. The van der Waals surface area contributed by atoms with Gasteiger partial charge < -0.3 is 4.57 Å². The third-order valence-electron chi connectivity index (χ3n) is 4.80. The van der Waals surface area contributed by atoms with Gasteiger partial charge in [-0.05, 0) is 26.0 Å². The van der Waals surface area contributed by atoms with Crippen LogP contribution in [0.5, 0.6) is 0 Å². The zero-order chi connectivity index (χ0) is 22.0. The first-order valence-corrected chi connectivity index (χ1v) is 10.6. The molecule has 0 saturated carbocycles. The summed E-state index contributed by atoms with van der Waals surface area (Å²) in [7, 11) is -2.22. The van der Waals surface area contributed by atoms with E-state index in [0.29, 0.717) is 11.4 Å². The number of nitrogens with zero attached hydrogens (tertiary/aromatic N) is 6. The van der Waals surface area contributed by atoms with E-state index in [2.05, 4.69) is 20.1 Å². The lowest BCUT2D eigenvalue weighted by Gasteiger charge is -2.05. The number of halogens is 3. The highest BCUT2D eigenvalue weighted by atomic mass is 32.2. The van der Waals surface area contributed by atoms with Crippen molar-refractivity contribution >= 4 is 26.6 Å². The lowest BCUT2D eigenvalue weighted by atomic mass is 10.2. The molecule has 0 saturated heterocycles. The number of fused-ring (bicyclic) bond motifs is 2. The van der Waals surface area contributed by atoms with Crippen LogP contribution in [0, 0.1) is 13.8 Å². The van der Waals surface area contributed by atoms with Crippen LogP contribution >= 0.6 is 0 Å². The number of sulfone groups is 1. The van der Waals surface area contributed by atoms with E-state index < -0.39 is 21.6 Å². The van der Waals surface area contributed by atoms with Gasteiger partial charge in [-0.2, -0.15) is 18.3 Å². The van der Waals surface area contributed by atoms with Gasteiger partial charge in [-0.3, -0.25) is 0 Å². The molecule has 0 unspecified atom stereocenters. The Hall–Kier alpha value is -3.02. The van der Waals surface area contributed by atoms with E-state index >= 15 is 0 Å². The van der Waals surface area contributed by atoms with E-state index in [-0.39, 0.29) is 39.0 Å². The summed E-state index contributed by atoms with van der Waals surface area (Å²) in [6.45, 7) is 5.00. The van der Waals surface area contributed by atoms with E-state index in [9.17, 15) is 21.6 Å². The predicted molar refractivity (Wildman–Crippen MR) is 103 cm³/mol. The summed E-state index contributed by atoms with van der Waals surface area (Å²) in [5, 5.41) is 4.03. The molecule has 0 aliphatic heterocycles. The number of alkyl halides is 3. The third-order valence-corrected chi connectivity index (χ3v) is 6.43. The molecule has 0 N–H and O–H groups in total. The second-order valence-corrected chi connectivity index (χ2v) is 9.11. The van der Waals surface area contributed by atoms with Crippen molar-refractivity contribution in [2.45, 2.75) is 32.0 Å². The molecule has 0 fully saturated rings. The first-order valence-electron chi connectivity index (χ1n) is 8.94. The van der Waals surface area contributed by atoms with Crippen LogP contribution in [0.2, 0.25) is 0 Å². The van der Waals surface area contributed by atoms with Crippen molar-refractivity contribution in [1.82, 2.24) is 29.1 Å². The summed E-state index contributed by atoms with van der Waals surface area (Å²) in [5.74, 6) is -0.0844. The molecule has 0 aromatic carbocycles. The standard InChI is InChI=1S/C18H17F3N6O2S/c1-5-30(28,29)17-13(16-23-9(2)6-10(3)27(16)25-17)15-24-12-7-11(18(19,20)21)8-22-14(12)26(15)4/h6-8H,5H2,1-4H3. The largest absolute Gasteiger partial charge is 0.417 e. The van der Waals surface area contributed by atoms with E-state index in [1.54, 1.807) is 27.0 Å². The number of hydrogen-bond acceptors (Lipinski definition) is 6. The van der Waals surface area contributed by atoms with Crippen LogP contribution in [0.3, 0.4) is 0 Å². The molecular weight excluding hydrogens is 421 g/mol. The fraction of sp³-hybridized carbons (Fsp3) is 0.333. The van der Waals surface area contributed by atoms with Crippen LogP contribution < -0.4 is 0 Å². The normalized spacial score (nSPS) is 12.9. The summed E-state index contributed by atoms with van der Waals surface area (Å²) in [4.78, 5) is 12.6. The Balaban J connectivity index is 2.11. The lowest BCUT2D eigenvalue weighted by molar-refractivity contribution is -0.137. The van der Waals surface area contributed by atoms with Gasteiger partial charge in [-0.1, -0.05) is 6.92 Å². The van der Waals surface area contributed by atoms with Crippen LogP contribution in [0.1, 0.15) is 23.9 Å². The predicted octanol–water partition coefficient (Wildman–Crippen LogP) is 3.11. The molecule has 0 radical (unpaired) electrons. The molecule has 8 nitrogen and oxygen atoms in total. The molecule has 0 spiro atoms. The Morgan fingerprint density at radius 2 is 1.80 bits per heavy atom. The quantitative estimate of drug-likeness (QED) is 0.488. The summed E-state index contributed by atoms with van der Waals surface area (Å²) in [6, 6.07) is 2.63. The lowest BCUT2D eigenvalue weighted by Crippen LogP contribution is -2.07. The number of hydrogen-bond donors (Lipinski definition) is 0. The van der Waals surface area contributed by atoms with Crippen LogP contribution in [0.15, 0.2) is 23.4 Å². The smallest absolute Gasteiger partial charge is 0.312 e. The van der Waals surface area contributed by atoms with Crippen LogP contribution in [0.25, 0.3) is 28.2 Å². The maximum atomic E-state index is 13.1. The van der Waals surface area contributed by atoms with Crippen molar-refractivity contribution < 1.29 is 21.6 Å². The van der Waals surface area contributed by atoms with Crippen molar-refractivity contribution in [3.05, 3.63) is 35.3 Å². The third kappa shape index (κ3) is 3.02. The zero-order valence-electron chi connectivity index (χ0n) is 16.5. The van der Waals surface area contributed by atoms with E-state index in [1.807, 2.05) is 0 Å². The minimum atomic E-state index is -4.57. The molecule has 4 aromatic heterocycles. The molecule has 158 valence electrons. The Morgan fingerprint density at radius 1 is 1.10 bits per heavy atom. The highest BCUT2D eigenvalue weighted by Gasteiger charge is 2.33. The average Bonchev–Trinajstić information content (AvgIpc) is 3.19. The van der Waals surface area contributed by atoms with E-state index in [0.717, 1.165) is 12.3 Å². The topological polar surface area (TPSA) is 95.0 Å². The molecule has 0 aliphatic carbocycles. The van der Waals surface area contributed by atoms with Crippen molar-refractivity contribution in [1.29, 1.82) is 0 Å². The van der Waals surface area contributed by atoms with E-state index in [4.69, 9.17) is 0 Å².